The van der Waals surface area contributed by atoms with Crippen LogP contribution in [-0.4, -0.2) is 9.36 Å². The third-order valence-electron chi connectivity index (χ3n) is 2.19. The van der Waals surface area contributed by atoms with Crippen molar-refractivity contribution in [3.63, 3.8) is 0 Å². The highest BCUT2D eigenvalue weighted by Crippen LogP contribution is 2.31. The summed E-state index contributed by atoms with van der Waals surface area (Å²) in [6.07, 6.45) is 0. The number of nitrogens with two attached hydrogens (primary N) is 1. The summed E-state index contributed by atoms with van der Waals surface area (Å²) in [5.74, 6) is 0.447. The molecular weight excluding hydrogens is 257 g/mol. The third-order valence-corrected chi connectivity index (χ3v) is 4.08. The second-order valence-electron chi connectivity index (χ2n) is 3.69. The van der Waals surface area contributed by atoms with Crippen LogP contribution in [0.5, 0.6) is 0 Å². The van der Waals surface area contributed by atoms with E-state index in [1.165, 1.54) is 29.4 Å². The summed E-state index contributed by atoms with van der Waals surface area (Å²) in [6, 6.07) is 4.88. The Morgan fingerprint density at radius 3 is 2.76 bits per heavy atom. The molecule has 0 aliphatic rings. The maximum Gasteiger partial charge on any atom is 0.174 e. The highest BCUT2D eigenvalue weighted by Gasteiger charge is 2.10. The van der Waals surface area contributed by atoms with Gasteiger partial charge in [0.25, 0.3) is 0 Å². The van der Waals surface area contributed by atoms with Crippen LogP contribution in [0.3, 0.4) is 0 Å². The minimum atomic E-state index is -0.266. The predicted octanol–water partition coefficient (Wildman–Crippen LogP) is 3.16. The van der Waals surface area contributed by atoms with Gasteiger partial charge in [0, 0.05) is 6.04 Å². The van der Waals surface area contributed by atoms with Gasteiger partial charge < -0.3 is 5.73 Å². The molecule has 1 aromatic heterocycles. The number of hydrogen-bond acceptors (Lipinski definition) is 5. The number of benzene rings is 1. The summed E-state index contributed by atoms with van der Waals surface area (Å²) < 4.78 is 18.6. The highest BCUT2D eigenvalue weighted by atomic mass is 32.2. The van der Waals surface area contributed by atoms with Gasteiger partial charge in [-0.1, -0.05) is 17.8 Å². The summed E-state index contributed by atoms with van der Waals surface area (Å²) in [6.45, 7) is 3.64. The number of halogens is 1. The van der Waals surface area contributed by atoms with E-state index >= 15 is 0 Å². The fourth-order valence-electron chi connectivity index (χ4n) is 1.30. The molecule has 0 aliphatic heterocycles. The molecule has 2 aromatic rings. The van der Waals surface area contributed by atoms with Crippen molar-refractivity contribution in [1.29, 1.82) is 0 Å². The molecule has 0 unspecified atom stereocenters. The molecule has 90 valence electrons. The summed E-state index contributed by atoms with van der Waals surface area (Å²) >= 11 is 2.56. The van der Waals surface area contributed by atoms with E-state index in [0.717, 1.165) is 9.90 Å². The van der Waals surface area contributed by atoms with Crippen LogP contribution in [0.2, 0.25) is 0 Å². The van der Waals surface area contributed by atoms with Gasteiger partial charge in [-0.15, -0.1) is 0 Å². The Hall–Kier alpha value is -0.980. The Bertz CT molecular complexity index is 525. The van der Waals surface area contributed by atoms with E-state index in [1.807, 2.05) is 19.9 Å². The second kappa shape index (κ2) is 5.12. The van der Waals surface area contributed by atoms with Crippen LogP contribution in [0.1, 0.15) is 24.4 Å². The van der Waals surface area contributed by atoms with Gasteiger partial charge >= 0.3 is 0 Å². The van der Waals surface area contributed by atoms with Crippen LogP contribution < -0.4 is 5.73 Å². The SMILES string of the molecule is Cc1nsc(Sc2ccc([C@@H](C)N)cc2F)n1. The Kier molecular flexibility index (Phi) is 3.76. The zero-order valence-corrected chi connectivity index (χ0v) is 11.1. The van der Waals surface area contributed by atoms with Gasteiger partial charge in [0.15, 0.2) is 4.34 Å². The van der Waals surface area contributed by atoms with Crippen LogP contribution in [0.15, 0.2) is 27.4 Å². The van der Waals surface area contributed by atoms with Crippen molar-refractivity contribution in [2.75, 3.05) is 0 Å². The van der Waals surface area contributed by atoms with E-state index in [9.17, 15) is 4.39 Å². The molecule has 17 heavy (non-hydrogen) atoms. The maximum atomic E-state index is 13.8. The molecule has 1 heterocycles. The summed E-state index contributed by atoms with van der Waals surface area (Å²) in [4.78, 5) is 4.73. The minimum absolute atomic E-state index is 0.160. The van der Waals surface area contributed by atoms with E-state index in [0.29, 0.717) is 10.7 Å². The number of rotatable bonds is 3. The van der Waals surface area contributed by atoms with Crippen molar-refractivity contribution in [3.8, 4) is 0 Å². The molecule has 0 saturated carbocycles. The second-order valence-corrected chi connectivity index (χ2v) is 5.73. The Morgan fingerprint density at radius 2 is 2.24 bits per heavy atom. The third kappa shape index (κ3) is 3.02. The normalized spacial score (nSPS) is 12.7. The number of aryl methyl sites for hydroxylation is 1. The van der Waals surface area contributed by atoms with Crippen LogP contribution in [-0.2, 0) is 0 Å². The fourth-order valence-corrected chi connectivity index (χ4v) is 2.91. The lowest BCUT2D eigenvalue weighted by Gasteiger charge is -2.07. The van der Waals surface area contributed by atoms with Gasteiger partial charge in [-0.2, -0.15) is 4.37 Å². The quantitative estimate of drug-likeness (QED) is 0.930. The van der Waals surface area contributed by atoms with Crippen molar-refractivity contribution in [2.24, 2.45) is 5.73 Å². The molecular formula is C11H12FN3S2. The lowest BCUT2D eigenvalue weighted by Crippen LogP contribution is -2.05. The van der Waals surface area contributed by atoms with Crippen molar-refractivity contribution < 1.29 is 4.39 Å². The van der Waals surface area contributed by atoms with Gasteiger partial charge in [0.05, 0.1) is 4.90 Å². The highest BCUT2D eigenvalue weighted by molar-refractivity contribution is 8.01. The molecule has 2 N–H and O–H groups in total. The number of aromatic nitrogens is 2. The average molecular weight is 269 g/mol. The molecule has 3 nitrogen and oxygen atoms in total. The maximum absolute atomic E-state index is 13.8. The lowest BCUT2D eigenvalue weighted by molar-refractivity contribution is 0.596. The number of hydrogen-bond donors (Lipinski definition) is 1. The molecule has 0 saturated heterocycles. The Morgan fingerprint density at radius 1 is 1.47 bits per heavy atom. The Balaban J connectivity index is 2.22. The van der Waals surface area contributed by atoms with E-state index < -0.39 is 0 Å². The first-order chi connectivity index (χ1) is 8.06. The summed E-state index contributed by atoms with van der Waals surface area (Å²) in [5.41, 5.74) is 6.49. The van der Waals surface area contributed by atoms with E-state index in [4.69, 9.17) is 5.73 Å². The smallest absolute Gasteiger partial charge is 0.174 e. The number of nitrogens with zero attached hydrogens (tertiary/aromatic N) is 2. The lowest BCUT2D eigenvalue weighted by atomic mass is 10.1. The van der Waals surface area contributed by atoms with E-state index in [2.05, 4.69) is 9.36 Å². The van der Waals surface area contributed by atoms with Gasteiger partial charge in [0.1, 0.15) is 11.6 Å². The zero-order chi connectivity index (χ0) is 12.4. The molecule has 6 heteroatoms. The molecule has 2 rings (SSSR count). The summed E-state index contributed by atoms with van der Waals surface area (Å²) in [5, 5.41) is 0. The molecule has 0 amide bonds. The van der Waals surface area contributed by atoms with Gasteiger partial charge in [-0.05, 0) is 43.1 Å². The van der Waals surface area contributed by atoms with Crippen molar-refractivity contribution in [3.05, 3.63) is 35.4 Å². The minimum Gasteiger partial charge on any atom is -0.324 e. The van der Waals surface area contributed by atoms with Crippen LogP contribution >= 0.6 is 23.3 Å². The molecule has 0 aliphatic carbocycles. The van der Waals surface area contributed by atoms with E-state index in [-0.39, 0.29) is 11.9 Å². The van der Waals surface area contributed by atoms with Gasteiger partial charge in [-0.3, -0.25) is 0 Å². The molecule has 0 radical (unpaired) electrons. The van der Waals surface area contributed by atoms with Crippen molar-refractivity contribution >= 4 is 23.3 Å². The largest absolute Gasteiger partial charge is 0.324 e. The van der Waals surface area contributed by atoms with E-state index in [1.54, 1.807) is 6.07 Å². The monoisotopic (exact) mass is 269 g/mol. The first-order valence-electron chi connectivity index (χ1n) is 5.09. The first-order valence-corrected chi connectivity index (χ1v) is 6.68. The first kappa shape index (κ1) is 12.5. The van der Waals surface area contributed by atoms with Crippen molar-refractivity contribution in [1.82, 2.24) is 9.36 Å². The fraction of sp³-hybridized carbons (Fsp3) is 0.273. The average Bonchev–Trinajstić information content (AvgIpc) is 2.67. The zero-order valence-electron chi connectivity index (χ0n) is 9.48. The molecule has 1 aromatic carbocycles. The van der Waals surface area contributed by atoms with Crippen molar-refractivity contribution in [2.45, 2.75) is 29.1 Å². The molecule has 0 fully saturated rings. The molecule has 1 atom stereocenters. The standard InChI is InChI=1S/C11H12FN3S2/c1-6(13)8-3-4-10(9(12)5-8)16-11-14-7(2)15-17-11/h3-6H,13H2,1-2H3/t6-/m1/s1. The molecule has 0 spiro atoms. The van der Waals surface area contributed by atoms with Crippen LogP contribution in [0.4, 0.5) is 4.39 Å². The Labute approximate surface area is 107 Å². The van der Waals surface area contributed by atoms with Gasteiger partial charge in [-0.25, -0.2) is 9.37 Å². The molecule has 0 bridgehead atoms. The van der Waals surface area contributed by atoms with Crippen LogP contribution in [0.25, 0.3) is 0 Å². The summed E-state index contributed by atoms with van der Waals surface area (Å²) in [7, 11) is 0. The topological polar surface area (TPSA) is 51.8 Å². The van der Waals surface area contributed by atoms with Crippen LogP contribution in [0, 0.1) is 12.7 Å². The van der Waals surface area contributed by atoms with Gasteiger partial charge in [0.2, 0.25) is 0 Å². The predicted molar refractivity (Wildman–Crippen MR) is 67.8 cm³/mol.